The molecule has 118 valence electrons. The molecule has 0 radical (unpaired) electrons. The van der Waals surface area contributed by atoms with Crippen molar-refractivity contribution in [2.75, 3.05) is 18.1 Å². The van der Waals surface area contributed by atoms with Crippen LogP contribution in [0.3, 0.4) is 0 Å². The van der Waals surface area contributed by atoms with Crippen LogP contribution < -0.4 is 4.90 Å². The molecule has 4 heteroatoms. The van der Waals surface area contributed by atoms with Crippen molar-refractivity contribution in [3.8, 4) is 0 Å². The molecular weight excluding hydrogens is 294 g/mol. The number of benzene rings is 1. The summed E-state index contributed by atoms with van der Waals surface area (Å²) in [6.07, 6.45) is 0. The van der Waals surface area contributed by atoms with Gasteiger partial charge in [-0.05, 0) is 28.3 Å². The van der Waals surface area contributed by atoms with Crippen LogP contribution in [0.4, 0.5) is 5.00 Å². The molecule has 1 amide bonds. The van der Waals surface area contributed by atoms with E-state index in [1.807, 2.05) is 12.1 Å². The first kappa shape index (κ1) is 15.5. The molecule has 0 saturated heterocycles. The van der Waals surface area contributed by atoms with E-state index < -0.39 is 0 Å². The molecule has 2 aromatic rings. The van der Waals surface area contributed by atoms with Gasteiger partial charge < -0.3 is 10.0 Å². The Hall–Kier alpha value is -1.39. The Morgan fingerprint density at radius 3 is 2.41 bits per heavy atom. The second kappa shape index (κ2) is 5.07. The molecule has 0 spiro atoms. The minimum absolute atomic E-state index is 0.00840. The molecule has 1 aliphatic carbocycles. The number of rotatable bonds is 4. The molecule has 3 nitrogen and oxygen atoms in total. The molecule has 1 aliphatic rings. The molecule has 1 aromatic heterocycles. The predicted molar refractivity (Wildman–Crippen MR) is 92.3 cm³/mol. The number of hydrogen-bond donors (Lipinski definition) is 1. The van der Waals surface area contributed by atoms with Gasteiger partial charge in [0.1, 0.15) is 0 Å². The normalized spacial score (nSPS) is 19.3. The number of fused-ring (bicyclic) bond motifs is 1. The summed E-state index contributed by atoms with van der Waals surface area (Å²) in [5, 5.41) is 11.5. The Labute approximate surface area is 135 Å². The maximum absolute atomic E-state index is 13.0. The zero-order valence-corrected chi connectivity index (χ0v) is 14.4. The number of aliphatic hydroxyl groups is 1. The predicted octanol–water partition coefficient (Wildman–Crippen LogP) is 3.91. The van der Waals surface area contributed by atoms with Crippen LogP contribution in [0.25, 0.3) is 10.1 Å². The molecule has 22 heavy (non-hydrogen) atoms. The van der Waals surface area contributed by atoms with E-state index in [0.29, 0.717) is 6.54 Å². The van der Waals surface area contributed by atoms with Crippen molar-refractivity contribution < 1.29 is 9.90 Å². The number of carbonyl (C=O) groups excluding carboxylic acids is 1. The maximum atomic E-state index is 13.0. The van der Waals surface area contributed by atoms with Gasteiger partial charge in [0.25, 0.3) is 0 Å². The molecule has 3 rings (SSSR count). The van der Waals surface area contributed by atoms with Crippen molar-refractivity contribution in [3.05, 3.63) is 30.3 Å². The van der Waals surface area contributed by atoms with Crippen LogP contribution in [0, 0.1) is 16.7 Å². The van der Waals surface area contributed by atoms with Gasteiger partial charge in [0.05, 0.1) is 11.6 Å². The zero-order valence-electron chi connectivity index (χ0n) is 13.6. The number of anilines is 1. The second-order valence-electron chi connectivity index (χ2n) is 7.21. The Balaban J connectivity index is 1.95. The highest BCUT2D eigenvalue weighted by Crippen LogP contribution is 2.69. The standard InChI is InChI=1S/C18H23NO2S/c1-17(2)15(18(17,3)4)16(21)19(9-10-20)14-11-12-7-5-6-8-13(12)22-14/h5-8,11,15,20H,9-10H2,1-4H3. The largest absolute Gasteiger partial charge is 0.395 e. The quantitative estimate of drug-likeness (QED) is 0.929. The summed E-state index contributed by atoms with van der Waals surface area (Å²) in [4.78, 5) is 14.8. The van der Waals surface area contributed by atoms with Gasteiger partial charge in [-0.25, -0.2) is 0 Å². The molecule has 1 aromatic carbocycles. The van der Waals surface area contributed by atoms with E-state index in [9.17, 15) is 9.90 Å². The van der Waals surface area contributed by atoms with Crippen LogP contribution in [0.15, 0.2) is 30.3 Å². The topological polar surface area (TPSA) is 40.5 Å². The van der Waals surface area contributed by atoms with Crippen LogP contribution in [0.1, 0.15) is 27.7 Å². The monoisotopic (exact) mass is 317 g/mol. The third-order valence-electron chi connectivity index (χ3n) is 5.54. The number of nitrogens with zero attached hydrogens (tertiary/aromatic N) is 1. The average molecular weight is 317 g/mol. The summed E-state index contributed by atoms with van der Waals surface area (Å²) in [7, 11) is 0. The number of amides is 1. The van der Waals surface area contributed by atoms with Gasteiger partial charge >= 0.3 is 0 Å². The Morgan fingerprint density at radius 1 is 1.23 bits per heavy atom. The number of carbonyl (C=O) groups is 1. The molecule has 1 heterocycles. The van der Waals surface area contributed by atoms with Crippen LogP contribution in [-0.2, 0) is 4.79 Å². The smallest absolute Gasteiger partial charge is 0.231 e. The highest BCUT2D eigenvalue weighted by molar-refractivity contribution is 7.23. The highest BCUT2D eigenvalue weighted by Gasteiger charge is 2.68. The van der Waals surface area contributed by atoms with E-state index in [0.717, 1.165) is 10.4 Å². The lowest BCUT2D eigenvalue weighted by molar-refractivity contribution is -0.121. The summed E-state index contributed by atoms with van der Waals surface area (Å²) in [6, 6.07) is 10.2. The molecule has 0 atom stereocenters. The Kier molecular flexibility index (Phi) is 3.57. The van der Waals surface area contributed by atoms with Gasteiger partial charge in [0.2, 0.25) is 5.91 Å². The van der Waals surface area contributed by atoms with E-state index >= 15 is 0 Å². The van der Waals surface area contributed by atoms with Gasteiger partial charge in [-0.1, -0.05) is 45.9 Å². The fourth-order valence-electron chi connectivity index (χ4n) is 3.50. The van der Waals surface area contributed by atoms with E-state index in [2.05, 4.69) is 45.9 Å². The number of aliphatic hydroxyl groups excluding tert-OH is 1. The molecular formula is C18H23NO2S. The molecule has 0 aliphatic heterocycles. The SMILES string of the molecule is CC1(C)C(C(=O)N(CCO)c2cc3ccccc3s2)C1(C)C. The van der Waals surface area contributed by atoms with Crippen LogP contribution in [-0.4, -0.2) is 24.2 Å². The van der Waals surface area contributed by atoms with E-state index in [1.165, 1.54) is 4.70 Å². The first-order valence-electron chi connectivity index (χ1n) is 7.71. The second-order valence-corrected chi connectivity index (χ2v) is 8.27. The van der Waals surface area contributed by atoms with Gasteiger partial charge in [0.15, 0.2) is 0 Å². The highest BCUT2D eigenvalue weighted by atomic mass is 32.1. The average Bonchev–Trinajstić information content (AvgIpc) is 2.78. The van der Waals surface area contributed by atoms with Gasteiger partial charge in [-0.3, -0.25) is 4.79 Å². The van der Waals surface area contributed by atoms with Crippen LogP contribution in [0.5, 0.6) is 0 Å². The third kappa shape index (κ3) is 2.17. The number of hydrogen-bond acceptors (Lipinski definition) is 3. The van der Waals surface area contributed by atoms with Gasteiger partial charge in [-0.2, -0.15) is 0 Å². The van der Waals surface area contributed by atoms with Gasteiger partial charge in [-0.15, -0.1) is 11.3 Å². The van der Waals surface area contributed by atoms with E-state index in [-0.39, 0.29) is 29.3 Å². The van der Waals surface area contributed by atoms with Crippen molar-refractivity contribution in [3.63, 3.8) is 0 Å². The summed E-state index contributed by atoms with van der Waals surface area (Å²) in [6.45, 7) is 8.94. The Morgan fingerprint density at radius 2 is 1.86 bits per heavy atom. The molecule has 0 unspecified atom stereocenters. The third-order valence-corrected chi connectivity index (χ3v) is 6.67. The molecule has 0 bridgehead atoms. The van der Waals surface area contributed by atoms with E-state index in [4.69, 9.17) is 0 Å². The first-order valence-corrected chi connectivity index (χ1v) is 8.53. The molecule has 1 N–H and O–H groups in total. The number of thiophene rings is 1. The van der Waals surface area contributed by atoms with Crippen molar-refractivity contribution in [1.29, 1.82) is 0 Å². The van der Waals surface area contributed by atoms with Crippen molar-refractivity contribution >= 4 is 32.3 Å². The lowest BCUT2D eigenvalue weighted by Gasteiger charge is -2.21. The van der Waals surface area contributed by atoms with Crippen LogP contribution >= 0.6 is 11.3 Å². The fraction of sp³-hybridized carbons (Fsp3) is 0.500. The van der Waals surface area contributed by atoms with Crippen molar-refractivity contribution in [1.82, 2.24) is 0 Å². The summed E-state index contributed by atoms with van der Waals surface area (Å²) >= 11 is 1.61. The summed E-state index contributed by atoms with van der Waals surface area (Å²) in [5.41, 5.74) is 0.0168. The van der Waals surface area contributed by atoms with Gasteiger partial charge in [0, 0.05) is 17.2 Å². The molecule has 1 fully saturated rings. The van der Waals surface area contributed by atoms with E-state index in [1.54, 1.807) is 16.2 Å². The summed E-state index contributed by atoms with van der Waals surface area (Å²) in [5.74, 6) is 0.146. The summed E-state index contributed by atoms with van der Waals surface area (Å²) < 4.78 is 1.17. The minimum Gasteiger partial charge on any atom is -0.395 e. The minimum atomic E-state index is -0.0203. The lowest BCUT2D eigenvalue weighted by Crippen LogP contribution is -2.35. The van der Waals surface area contributed by atoms with Crippen molar-refractivity contribution in [2.45, 2.75) is 27.7 Å². The molecule has 1 saturated carbocycles. The first-order chi connectivity index (χ1) is 10.3. The lowest BCUT2D eigenvalue weighted by atomic mass is 10.0. The van der Waals surface area contributed by atoms with Crippen molar-refractivity contribution in [2.24, 2.45) is 16.7 Å². The maximum Gasteiger partial charge on any atom is 0.231 e. The van der Waals surface area contributed by atoms with Crippen LogP contribution in [0.2, 0.25) is 0 Å². The Bertz CT molecular complexity index is 670. The fourth-order valence-corrected chi connectivity index (χ4v) is 4.59. The zero-order chi connectivity index (χ0) is 16.1.